The van der Waals surface area contributed by atoms with E-state index < -0.39 is 0 Å². The van der Waals surface area contributed by atoms with Crippen LogP contribution in [0.5, 0.6) is 5.75 Å². The lowest BCUT2D eigenvalue weighted by Gasteiger charge is -2.35. The summed E-state index contributed by atoms with van der Waals surface area (Å²) in [4.78, 5) is 9.25. The van der Waals surface area contributed by atoms with Crippen molar-refractivity contribution in [3.63, 3.8) is 0 Å². The van der Waals surface area contributed by atoms with E-state index in [1.54, 1.807) is 6.26 Å². The molecule has 1 N–H and O–H groups in total. The lowest BCUT2D eigenvalue weighted by atomic mass is 10.1. The first kappa shape index (κ1) is 21.2. The number of benzene rings is 1. The molecule has 0 spiro atoms. The Balaban J connectivity index is 1.53. The Labute approximate surface area is 174 Å². The van der Waals surface area contributed by atoms with E-state index in [4.69, 9.17) is 9.15 Å². The number of piperidine rings is 1. The molecular formula is C23H34N4O2. The summed E-state index contributed by atoms with van der Waals surface area (Å²) in [6.45, 7) is 8.97. The minimum absolute atomic E-state index is 0.190. The highest BCUT2D eigenvalue weighted by Gasteiger charge is 2.25. The number of hydrogen-bond donors (Lipinski definition) is 1. The third kappa shape index (κ3) is 5.76. The van der Waals surface area contributed by atoms with Gasteiger partial charge in [-0.05, 0) is 37.4 Å². The van der Waals surface area contributed by atoms with Gasteiger partial charge in [-0.3, -0.25) is 9.89 Å². The number of nitrogens with zero attached hydrogens (tertiary/aromatic N) is 3. The van der Waals surface area contributed by atoms with Gasteiger partial charge in [0.05, 0.1) is 12.3 Å². The molecule has 2 heterocycles. The maximum atomic E-state index is 6.12. The summed E-state index contributed by atoms with van der Waals surface area (Å²) in [5.74, 6) is 2.90. The van der Waals surface area contributed by atoms with Crippen LogP contribution in [0.25, 0.3) is 0 Å². The number of nitrogens with one attached hydrogen (secondary N) is 1. The van der Waals surface area contributed by atoms with E-state index in [1.165, 1.54) is 0 Å². The van der Waals surface area contributed by atoms with Crippen LogP contribution in [-0.2, 0) is 0 Å². The minimum atomic E-state index is 0.190. The summed E-state index contributed by atoms with van der Waals surface area (Å²) in [6, 6.07) is 14.3. The van der Waals surface area contributed by atoms with Crippen LogP contribution >= 0.6 is 0 Å². The third-order valence-corrected chi connectivity index (χ3v) is 5.58. The second-order valence-electron chi connectivity index (χ2n) is 7.30. The molecule has 1 aliphatic heterocycles. The molecule has 0 amide bonds. The first-order valence-electron chi connectivity index (χ1n) is 10.7. The molecule has 158 valence electrons. The third-order valence-electron chi connectivity index (χ3n) is 5.58. The van der Waals surface area contributed by atoms with Crippen LogP contribution in [0.1, 0.15) is 38.5 Å². The summed E-state index contributed by atoms with van der Waals surface area (Å²) >= 11 is 0. The Kier molecular flexibility index (Phi) is 7.99. The molecule has 1 aromatic carbocycles. The zero-order valence-corrected chi connectivity index (χ0v) is 17.9. The van der Waals surface area contributed by atoms with E-state index in [1.807, 2.05) is 43.4 Å². The smallest absolute Gasteiger partial charge is 0.193 e. The van der Waals surface area contributed by atoms with E-state index in [0.29, 0.717) is 0 Å². The molecule has 6 nitrogen and oxygen atoms in total. The topological polar surface area (TPSA) is 53.2 Å². The number of likely N-dealkylation sites (tertiary alicyclic amines) is 1. The number of ether oxygens (including phenoxy) is 1. The van der Waals surface area contributed by atoms with Crippen LogP contribution in [0.4, 0.5) is 0 Å². The van der Waals surface area contributed by atoms with Crippen molar-refractivity contribution < 1.29 is 9.15 Å². The predicted octanol–water partition coefficient (Wildman–Crippen LogP) is 3.78. The number of rotatable bonds is 8. The van der Waals surface area contributed by atoms with Crippen molar-refractivity contribution in [2.75, 3.05) is 39.8 Å². The molecule has 0 saturated carbocycles. The van der Waals surface area contributed by atoms with Crippen molar-refractivity contribution in [1.82, 2.24) is 15.1 Å². The van der Waals surface area contributed by atoms with Crippen LogP contribution in [-0.4, -0.2) is 61.6 Å². The highest BCUT2D eigenvalue weighted by molar-refractivity contribution is 5.80. The lowest BCUT2D eigenvalue weighted by molar-refractivity contribution is 0.128. The number of furan rings is 1. The van der Waals surface area contributed by atoms with E-state index in [2.05, 4.69) is 40.0 Å². The van der Waals surface area contributed by atoms with Crippen molar-refractivity contribution in [3.8, 4) is 5.75 Å². The van der Waals surface area contributed by atoms with Crippen LogP contribution in [0.3, 0.4) is 0 Å². The maximum absolute atomic E-state index is 6.12. The highest BCUT2D eigenvalue weighted by atomic mass is 16.5. The summed E-state index contributed by atoms with van der Waals surface area (Å²) in [5.41, 5.74) is 0. The van der Waals surface area contributed by atoms with Gasteiger partial charge in [0.1, 0.15) is 17.6 Å². The van der Waals surface area contributed by atoms with Gasteiger partial charge in [-0.25, -0.2) is 0 Å². The quantitative estimate of drug-likeness (QED) is 0.542. The SMILES string of the molecule is CCN(CC)C(CNC(=NC)N1CCC(Oc2ccccc2)CC1)c1ccco1. The standard InChI is InChI=1S/C23H34N4O2/c1-4-26(5-2)21(22-12-9-17-28-22)18-25-23(24-3)27-15-13-20(14-16-27)29-19-10-7-6-8-11-19/h6-12,17,20-21H,4-5,13-16,18H2,1-3H3,(H,24,25). The van der Waals surface area contributed by atoms with Gasteiger partial charge >= 0.3 is 0 Å². The average Bonchev–Trinajstić information content (AvgIpc) is 3.30. The summed E-state index contributed by atoms with van der Waals surface area (Å²) < 4.78 is 11.8. The predicted molar refractivity (Wildman–Crippen MR) is 117 cm³/mol. The molecule has 3 rings (SSSR count). The fourth-order valence-electron chi connectivity index (χ4n) is 3.95. The maximum Gasteiger partial charge on any atom is 0.193 e. The number of hydrogen-bond acceptors (Lipinski definition) is 4. The van der Waals surface area contributed by atoms with Crippen molar-refractivity contribution in [3.05, 3.63) is 54.5 Å². The summed E-state index contributed by atoms with van der Waals surface area (Å²) in [7, 11) is 1.86. The molecule has 1 aliphatic rings. The van der Waals surface area contributed by atoms with E-state index >= 15 is 0 Å². The van der Waals surface area contributed by atoms with E-state index in [-0.39, 0.29) is 12.1 Å². The molecule has 0 radical (unpaired) electrons. The van der Waals surface area contributed by atoms with E-state index in [0.717, 1.165) is 63.0 Å². The number of aliphatic imine (C=N–C) groups is 1. The molecule has 2 aromatic rings. The fraction of sp³-hybridized carbons (Fsp3) is 0.522. The van der Waals surface area contributed by atoms with Gasteiger partial charge in [0.25, 0.3) is 0 Å². The van der Waals surface area contributed by atoms with Crippen LogP contribution in [0, 0.1) is 0 Å². The first-order chi connectivity index (χ1) is 14.2. The molecule has 6 heteroatoms. The Hall–Kier alpha value is -2.47. The second-order valence-corrected chi connectivity index (χ2v) is 7.30. The van der Waals surface area contributed by atoms with Crippen molar-refractivity contribution in [1.29, 1.82) is 0 Å². The van der Waals surface area contributed by atoms with Crippen molar-refractivity contribution in [2.45, 2.75) is 38.8 Å². The Morgan fingerprint density at radius 2 is 1.90 bits per heavy atom. The van der Waals surface area contributed by atoms with E-state index in [9.17, 15) is 0 Å². The normalized spacial score (nSPS) is 16.8. The molecular weight excluding hydrogens is 364 g/mol. The monoisotopic (exact) mass is 398 g/mol. The molecule has 1 aromatic heterocycles. The highest BCUT2D eigenvalue weighted by Crippen LogP contribution is 2.21. The number of para-hydroxylation sites is 1. The van der Waals surface area contributed by atoms with Gasteiger partial charge in [-0.15, -0.1) is 0 Å². The molecule has 1 fully saturated rings. The number of likely N-dealkylation sites (N-methyl/N-ethyl adjacent to an activating group) is 1. The van der Waals surface area contributed by atoms with Gasteiger partial charge in [0.15, 0.2) is 5.96 Å². The first-order valence-corrected chi connectivity index (χ1v) is 10.7. The van der Waals surface area contributed by atoms with Crippen LogP contribution < -0.4 is 10.1 Å². The minimum Gasteiger partial charge on any atom is -0.490 e. The summed E-state index contributed by atoms with van der Waals surface area (Å²) in [5, 5.41) is 3.57. The van der Waals surface area contributed by atoms with Crippen molar-refractivity contribution >= 4 is 5.96 Å². The number of guanidine groups is 1. The molecule has 1 unspecified atom stereocenters. The molecule has 1 saturated heterocycles. The molecule has 0 bridgehead atoms. The molecule has 1 atom stereocenters. The Morgan fingerprint density at radius 1 is 1.17 bits per heavy atom. The lowest BCUT2D eigenvalue weighted by Crippen LogP contribution is -2.49. The zero-order chi connectivity index (χ0) is 20.5. The van der Waals surface area contributed by atoms with Crippen LogP contribution in [0.15, 0.2) is 58.1 Å². The van der Waals surface area contributed by atoms with Crippen LogP contribution in [0.2, 0.25) is 0 Å². The largest absolute Gasteiger partial charge is 0.490 e. The fourth-order valence-corrected chi connectivity index (χ4v) is 3.95. The van der Waals surface area contributed by atoms with Gasteiger partial charge in [0, 0.05) is 39.5 Å². The Bertz CT molecular complexity index is 721. The van der Waals surface area contributed by atoms with Crippen molar-refractivity contribution in [2.24, 2.45) is 4.99 Å². The van der Waals surface area contributed by atoms with Gasteiger partial charge in [-0.2, -0.15) is 0 Å². The molecule has 0 aliphatic carbocycles. The Morgan fingerprint density at radius 3 is 2.48 bits per heavy atom. The average molecular weight is 399 g/mol. The second kappa shape index (κ2) is 10.9. The van der Waals surface area contributed by atoms with Gasteiger partial charge in [-0.1, -0.05) is 32.0 Å². The van der Waals surface area contributed by atoms with Gasteiger partial charge < -0.3 is 19.4 Å². The zero-order valence-electron chi connectivity index (χ0n) is 17.9. The van der Waals surface area contributed by atoms with Gasteiger partial charge in [0.2, 0.25) is 0 Å². The molecule has 29 heavy (non-hydrogen) atoms. The summed E-state index contributed by atoms with van der Waals surface area (Å²) in [6.07, 6.45) is 4.00.